The van der Waals surface area contributed by atoms with Crippen molar-refractivity contribution in [2.45, 2.75) is 39.7 Å². The van der Waals surface area contributed by atoms with Gasteiger partial charge in [-0.15, -0.1) is 0 Å². The molecule has 2 atom stereocenters. The lowest BCUT2D eigenvalue weighted by molar-refractivity contribution is -0.139. The Morgan fingerprint density at radius 1 is 1.04 bits per heavy atom. The van der Waals surface area contributed by atoms with Crippen LogP contribution in [0.3, 0.4) is 0 Å². The Kier molecular flexibility index (Phi) is 7.64. The standard InChI is InChI=1S/C21H33N3O2/c1-16(2)14-19(21(26)24-12-10-23(4)11-13-24)22-20(25)17(3)15-18-8-6-5-7-9-18/h5-9,16-17,19H,10-15H2,1-4H3,(H,22,25)/t17?,19-/m1/s1. The number of amides is 2. The van der Waals surface area contributed by atoms with Crippen LogP contribution in [0.2, 0.25) is 0 Å². The van der Waals surface area contributed by atoms with Gasteiger partial charge in [0.1, 0.15) is 6.04 Å². The Labute approximate surface area is 157 Å². The second kappa shape index (κ2) is 9.72. The van der Waals surface area contributed by atoms with Crippen molar-refractivity contribution in [1.29, 1.82) is 0 Å². The van der Waals surface area contributed by atoms with Gasteiger partial charge in [-0.05, 0) is 31.4 Å². The molecular weight excluding hydrogens is 326 g/mol. The van der Waals surface area contributed by atoms with Crippen LogP contribution in [-0.4, -0.2) is 60.9 Å². The van der Waals surface area contributed by atoms with Crippen molar-refractivity contribution >= 4 is 11.8 Å². The summed E-state index contributed by atoms with van der Waals surface area (Å²) in [6, 6.07) is 9.58. The Morgan fingerprint density at radius 2 is 1.65 bits per heavy atom. The average Bonchev–Trinajstić information content (AvgIpc) is 2.61. The van der Waals surface area contributed by atoms with E-state index in [4.69, 9.17) is 0 Å². The van der Waals surface area contributed by atoms with Crippen LogP contribution in [0.4, 0.5) is 0 Å². The smallest absolute Gasteiger partial charge is 0.245 e. The molecule has 0 aromatic heterocycles. The predicted octanol–water partition coefficient (Wildman–Crippen LogP) is 2.17. The Balaban J connectivity index is 1.97. The molecule has 1 saturated heterocycles. The lowest BCUT2D eigenvalue weighted by atomic mass is 9.98. The molecule has 1 heterocycles. The molecule has 1 fully saturated rings. The zero-order valence-electron chi connectivity index (χ0n) is 16.6. The first-order valence-corrected chi connectivity index (χ1v) is 9.68. The monoisotopic (exact) mass is 359 g/mol. The highest BCUT2D eigenvalue weighted by Gasteiger charge is 2.29. The molecule has 5 heteroatoms. The van der Waals surface area contributed by atoms with Crippen LogP contribution in [0.5, 0.6) is 0 Å². The van der Waals surface area contributed by atoms with Gasteiger partial charge in [0.05, 0.1) is 0 Å². The molecule has 1 aromatic rings. The highest BCUT2D eigenvalue weighted by molar-refractivity contribution is 5.88. The second-order valence-corrected chi connectivity index (χ2v) is 7.91. The second-order valence-electron chi connectivity index (χ2n) is 7.91. The third-order valence-electron chi connectivity index (χ3n) is 4.97. The van der Waals surface area contributed by atoms with Gasteiger partial charge in [-0.25, -0.2) is 0 Å². The van der Waals surface area contributed by atoms with Crippen LogP contribution in [0.1, 0.15) is 32.8 Å². The summed E-state index contributed by atoms with van der Waals surface area (Å²) in [5.41, 5.74) is 1.14. The lowest BCUT2D eigenvalue weighted by Crippen LogP contribution is -2.55. The molecule has 1 aliphatic rings. The maximum atomic E-state index is 12.9. The molecule has 0 spiro atoms. The van der Waals surface area contributed by atoms with Crippen molar-refractivity contribution in [2.24, 2.45) is 11.8 Å². The normalized spacial score (nSPS) is 17.8. The highest BCUT2D eigenvalue weighted by Crippen LogP contribution is 2.13. The van der Waals surface area contributed by atoms with Crippen LogP contribution in [0, 0.1) is 11.8 Å². The molecule has 2 amide bonds. The lowest BCUT2D eigenvalue weighted by Gasteiger charge is -2.35. The molecule has 5 nitrogen and oxygen atoms in total. The van der Waals surface area contributed by atoms with Crippen LogP contribution in [0.25, 0.3) is 0 Å². The van der Waals surface area contributed by atoms with E-state index < -0.39 is 6.04 Å². The van der Waals surface area contributed by atoms with Crippen molar-refractivity contribution in [2.75, 3.05) is 33.2 Å². The third kappa shape index (κ3) is 6.13. The zero-order valence-corrected chi connectivity index (χ0v) is 16.6. The molecule has 0 bridgehead atoms. The van der Waals surface area contributed by atoms with E-state index in [2.05, 4.69) is 31.1 Å². The number of nitrogens with one attached hydrogen (secondary N) is 1. The molecule has 26 heavy (non-hydrogen) atoms. The van der Waals surface area contributed by atoms with Gasteiger partial charge in [0.15, 0.2) is 0 Å². The number of likely N-dealkylation sites (N-methyl/N-ethyl adjacent to an activating group) is 1. The van der Waals surface area contributed by atoms with E-state index in [-0.39, 0.29) is 17.7 Å². The van der Waals surface area contributed by atoms with Crippen LogP contribution in [-0.2, 0) is 16.0 Å². The van der Waals surface area contributed by atoms with Crippen molar-refractivity contribution in [3.05, 3.63) is 35.9 Å². The summed E-state index contributed by atoms with van der Waals surface area (Å²) in [5, 5.41) is 3.03. The summed E-state index contributed by atoms with van der Waals surface area (Å²) in [5.74, 6) is 0.211. The van der Waals surface area contributed by atoms with Crippen molar-refractivity contribution in [1.82, 2.24) is 15.1 Å². The maximum Gasteiger partial charge on any atom is 0.245 e. The molecule has 1 aliphatic heterocycles. The number of carbonyl (C=O) groups excluding carboxylic acids is 2. The number of carbonyl (C=O) groups is 2. The van der Waals surface area contributed by atoms with Gasteiger partial charge in [0, 0.05) is 32.1 Å². The van der Waals surface area contributed by atoms with Gasteiger partial charge >= 0.3 is 0 Å². The third-order valence-corrected chi connectivity index (χ3v) is 4.97. The molecule has 144 valence electrons. The molecular formula is C21H33N3O2. The van der Waals surface area contributed by atoms with E-state index in [0.29, 0.717) is 18.8 Å². The number of piperazine rings is 1. The first kappa shape index (κ1) is 20.4. The largest absolute Gasteiger partial charge is 0.344 e. The van der Waals surface area contributed by atoms with E-state index in [9.17, 15) is 9.59 Å². The summed E-state index contributed by atoms with van der Waals surface area (Å²) in [4.78, 5) is 29.8. The fourth-order valence-electron chi connectivity index (χ4n) is 3.31. The SMILES string of the molecule is CC(C)C[C@@H](NC(=O)C(C)Cc1ccccc1)C(=O)N1CCN(C)CC1. The first-order valence-electron chi connectivity index (χ1n) is 9.68. The number of nitrogens with zero attached hydrogens (tertiary/aromatic N) is 2. The van der Waals surface area contributed by atoms with E-state index >= 15 is 0 Å². The molecule has 2 rings (SSSR count). The summed E-state index contributed by atoms with van der Waals surface area (Å²) in [6.45, 7) is 9.35. The summed E-state index contributed by atoms with van der Waals surface area (Å²) < 4.78 is 0. The summed E-state index contributed by atoms with van der Waals surface area (Å²) in [6.07, 6.45) is 1.36. The Morgan fingerprint density at radius 3 is 2.23 bits per heavy atom. The van der Waals surface area contributed by atoms with Gasteiger partial charge in [0.25, 0.3) is 0 Å². The van der Waals surface area contributed by atoms with Gasteiger partial charge in [-0.2, -0.15) is 0 Å². The zero-order chi connectivity index (χ0) is 19.1. The van der Waals surface area contributed by atoms with Crippen molar-refractivity contribution in [3.63, 3.8) is 0 Å². The topological polar surface area (TPSA) is 52.7 Å². The Bertz CT molecular complexity index is 580. The number of hydrogen-bond acceptors (Lipinski definition) is 3. The number of rotatable bonds is 7. The van der Waals surface area contributed by atoms with Crippen molar-refractivity contribution < 1.29 is 9.59 Å². The molecule has 1 unspecified atom stereocenters. The number of hydrogen-bond donors (Lipinski definition) is 1. The minimum Gasteiger partial charge on any atom is -0.344 e. The Hall–Kier alpha value is -1.88. The molecule has 1 aromatic carbocycles. The van der Waals surface area contributed by atoms with E-state index in [1.807, 2.05) is 42.2 Å². The van der Waals surface area contributed by atoms with E-state index in [1.54, 1.807) is 0 Å². The fourth-order valence-corrected chi connectivity index (χ4v) is 3.31. The molecule has 0 aliphatic carbocycles. The highest BCUT2D eigenvalue weighted by atomic mass is 16.2. The van der Waals surface area contributed by atoms with Gasteiger partial charge < -0.3 is 15.1 Å². The van der Waals surface area contributed by atoms with E-state index in [1.165, 1.54) is 0 Å². The molecule has 0 saturated carbocycles. The minimum atomic E-state index is -0.427. The average molecular weight is 360 g/mol. The van der Waals surface area contributed by atoms with Gasteiger partial charge in [-0.1, -0.05) is 51.1 Å². The van der Waals surface area contributed by atoms with E-state index in [0.717, 1.165) is 31.7 Å². The summed E-state index contributed by atoms with van der Waals surface area (Å²) in [7, 11) is 2.07. The predicted molar refractivity (Wildman–Crippen MR) is 105 cm³/mol. The number of benzene rings is 1. The van der Waals surface area contributed by atoms with Gasteiger partial charge in [-0.3, -0.25) is 9.59 Å². The summed E-state index contributed by atoms with van der Waals surface area (Å²) >= 11 is 0. The first-order chi connectivity index (χ1) is 12.4. The van der Waals surface area contributed by atoms with Gasteiger partial charge in [0.2, 0.25) is 11.8 Å². The fraction of sp³-hybridized carbons (Fsp3) is 0.619. The van der Waals surface area contributed by atoms with Crippen molar-refractivity contribution in [3.8, 4) is 0 Å². The minimum absolute atomic E-state index is 0.0398. The maximum absolute atomic E-state index is 12.9. The van der Waals surface area contributed by atoms with Crippen LogP contribution in [0.15, 0.2) is 30.3 Å². The molecule has 1 N–H and O–H groups in total. The van der Waals surface area contributed by atoms with Crippen LogP contribution >= 0.6 is 0 Å². The van der Waals surface area contributed by atoms with Crippen LogP contribution < -0.4 is 5.32 Å². The molecule has 0 radical (unpaired) electrons. The quantitative estimate of drug-likeness (QED) is 0.812.